The number of hydrogen-bond acceptors (Lipinski definition) is 4. The normalized spacial score (nSPS) is 11.5. The zero-order valence-electron chi connectivity index (χ0n) is 16.2. The molecule has 0 aliphatic rings. The van der Waals surface area contributed by atoms with Gasteiger partial charge in [-0.25, -0.2) is 0 Å². The minimum absolute atomic E-state index is 0.0787. The lowest BCUT2D eigenvalue weighted by molar-refractivity contribution is 0.0976. The van der Waals surface area contributed by atoms with Gasteiger partial charge in [0, 0.05) is 17.7 Å². The van der Waals surface area contributed by atoms with E-state index in [1.165, 1.54) is 0 Å². The van der Waals surface area contributed by atoms with Crippen molar-refractivity contribution in [3.8, 4) is 11.5 Å². The van der Waals surface area contributed by atoms with E-state index in [1.807, 2.05) is 73.7 Å². The molecule has 0 heterocycles. The highest BCUT2D eigenvalue weighted by Gasteiger charge is 2.17. The predicted molar refractivity (Wildman–Crippen MR) is 112 cm³/mol. The second-order valence-corrected chi connectivity index (χ2v) is 6.42. The van der Waals surface area contributed by atoms with Crippen LogP contribution in [-0.2, 0) is 0 Å². The molecule has 0 spiro atoms. The van der Waals surface area contributed by atoms with E-state index in [9.17, 15) is 4.79 Å². The number of carbonyl (C=O) groups is 1. The molecule has 0 saturated carbocycles. The molecule has 28 heavy (non-hydrogen) atoms. The fourth-order valence-electron chi connectivity index (χ4n) is 3.03. The number of hydrogen-bond donors (Lipinski definition) is 1. The molecule has 0 fully saturated rings. The minimum atomic E-state index is -0.131. The van der Waals surface area contributed by atoms with Gasteiger partial charge in [0.05, 0.1) is 19.8 Å². The molecular weight excluding hydrogens is 350 g/mol. The maximum Gasteiger partial charge on any atom is 0.165 e. The summed E-state index contributed by atoms with van der Waals surface area (Å²) in [5, 5.41) is 3.49. The van der Waals surface area contributed by atoms with E-state index in [0.29, 0.717) is 18.6 Å². The SMILES string of the molecule is CCOc1ccc(NC(CC(=O)c2ccc(OC)cc2)c2ccccc2)cc1. The number of Topliss-reactive ketones (excluding diaryl/α,β-unsaturated/α-hetero) is 1. The number of ether oxygens (including phenoxy) is 2. The van der Waals surface area contributed by atoms with Crippen LogP contribution in [0.5, 0.6) is 11.5 Å². The monoisotopic (exact) mass is 375 g/mol. The van der Waals surface area contributed by atoms with Crippen LogP contribution in [-0.4, -0.2) is 19.5 Å². The summed E-state index contributed by atoms with van der Waals surface area (Å²) in [5.41, 5.74) is 2.69. The number of nitrogens with one attached hydrogen (secondary N) is 1. The van der Waals surface area contributed by atoms with Gasteiger partial charge in [-0.3, -0.25) is 4.79 Å². The zero-order valence-corrected chi connectivity index (χ0v) is 16.2. The number of rotatable bonds is 9. The molecule has 144 valence electrons. The van der Waals surface area contributed by atoms with Gasteiger partial charge in [-0.05, 0) is 61.0 Å². The van der Waals surface area contributed by atoms with Gasteiger partial charge in [-0.1, -0.05) is 30.3 Å². The van der Waals surface area contributed by atoms with Crippen LogP contribution in [0.4, 0.5) is 5.69 Å². The van der Waals surface area contributed by atoms with Gasteiger partial charge in [-0.2, -0.15) is 0 Å². The first-order valence-electron chi connectivity index (χ1n) is 9.41. The molecular formula is C24H25NO3. The highest BCUT2D eigenvalue weighted by atomic mass is 16.5. The minimum Gasteiger partial charge on any atom is -0.497 e. The lowest BCUT2D eigenvalue weighted by atomic mass is 9.97. The van der Waals surface area contributed by atoms with Crippen molar-refractivity contribution in [1.29, 1.82) is 0 Å². The Hall–Kier alpha value is -3.27. The number of carbonyl (C=O) groups excluding carboxylic acids is 1. The first-order chi connectivity index (χ1) is 13.7. The molecule has 0 radical (unpaired) electrons. The topological polar surface area (TPSA) is 47.6 Å². The van der Waals surface area contributed by atoms with Crippen LogP contribution in [0.3, 0.4) is 0 Å². The molecule has 4 nitrogen and oxygen atoms in total. The fraction of sp³-hybridized carbons (Fsp3) is 0.208. The third kappa shape index (κ3) is 5.13. The Balaban J connectivity index is 1.77. The molecule has 4 heteroatoms. The standard InChI is InChI=1S/C24H25NO3/c1-3-28-22-15-11-20(12-16-22)25-23(18-7-5-4-6-8-18)17-24(26)19-9-13-21(27-2)14-10-19/h4-16,23,25H,3,17H2,1-2H3. The van der Waals surface area contributed by atoms with E-state index in [0.717, 1.165) is 22.7 Å². The van der Waals surface area contributed by atoms with Crippen LogP contribution in [0, 0.1) is 0 Å². The van der Waals surface area contributed by atoms with Crippen LogP contribution in [0.2, 0.25) is 0 Å². The summed E-state index contributed by atoms with van der Waals surface area (Å²) in [6.07, 6.45) is 0.351. The largest absolute Gasteiger partial charge is 0.497 e. The highest BCUT2D eigenvalue weighted by molar-refractivity contribution is 5.96. The summed E-state index contributed by atoms with van der Waals surface area (Å²) in [6, 6.07) is 24.9. The van der Waals surface area contributed by atoms with Gasteiger partial charge < -0.3 is 14.8 Å². The quantitative estimate of drug-likeness (QED) is 0.500. The molecule has 0 saturated heterocycles. The van der Waals surface area contributed by atoms with Crippen molar-refractivity contribution in [2.24, 2.45) is 0 Å². The maximum absolute atomic E-state index is 12.9. The summed E-state index contributed by atoms with van der Waals surface area (Å²) in [7, 11) is 1.61. The van der Waals surface area contributed by atoms with Gasteiger partial charge in [0.2, 0.25) is 0 Å². The number of methoxy groups -OCH3 is 1. The molecule has 1 atom stereocenters. The number of anilines is 1. The van der Waals surface area contributed by atoms with Gasteiger partial charge in [0.25, 0.3) is 0 Å². The maximum atomic E-state index is 12.9. The van der Waals surface area contributed by atoms with E-state index in [2.05, 4.69) is 5.32 Å². The number of benzene rings is 3. The Bertz CT molecular complexity index is 874. The molecule has 3 aromatic rings. The second kappa shape index (κ2) is 9.60. The summed E-state index contributed by atoms with van der Waals surface area (Å²) in [4.78, 5) is 12.9. The smallest absolute Gasteiger partial charge is 0.165 e. The van der Waals surface area contributed by atoms with Crippen molar-refractivity contribution < 1.29 is 14.3 Å². The van der Waals surface area contributed by atoms with Crippen LogP contribution in [0.25, 0.3) is 0 Å². The summed E-state index contributed by atoms with van der Waals surface area (Å²) < 4.78 is 10.7. The lowest BCUT2D eigenvalue weighted by Gasteiger charge is -2.20. The highest BCUT2D eigenvalue weighted by Crippen LogP contribution is 2.26. The van der Waals surface area contributed by atoms with E-state index >= 15 is 0 Å². The Morgan fingerprint density at radius 3 is 2.14 bits per heavy atom. The number of ketones is 1. The van der Waals surface area contributed by atoms with E-state index < -0.39 is 0 Å². The van der Waals surface area contributed by atoms with E-state index in [1.54, 1.807) is 19.2 Å². The summed E-state index contributed by atoms with van der Waals surface area (Å²) in [6.45, 7) is 2.60. The lowest BCUT2D eigenvalue weighted by Crippen LogP contribution is -2.15. The first-order valence-corrected chi connectivity index (χ1v) is 9.41. The van der Waals surface area contributed by atoms with Crippen LogP contribution in [0.1, 0.15) is 35.3 Å². The molecule has 0 aliphatic heterocycles. The Kier molecular flexibility index (Phi) is 6.68. The molecule has 0 bridgehead atoms. The second-order valence-electron chi connectivity index (χ2n) is 6.42. The average molecular weight is 375 g/mol. The molecule has 0 amide bonds. The Labute approximate surface area is 166 Å². The van der Waals surface area contributed by atoms with Crippen molar-refractivity contribution in [3.63, 3.8) is 0 Å². The zero-order chi connectivity index (χ0) is 19.8. The van der Waals surface area contributed by atoms with E-state index in [4.69, 9.17) is 9.47 Å². The van der Waals surface area contributed by atoms with E-state index in [-0.39, 0.29) is 11.8 Å². The van der Waals surface area contributed by atoms with Crippen molar-refractivity contribution in [2.75, 3.05) is 19.0 Å². The van der Waals surface area contributed by atoms with Crippen molar-refractivity contribution >= 4 is 11.5 Å². The first kappa shape index (κ1) is 19.5. The van der Waals surface area contributed by atoms with Crippen LogP contribution in [0.15, 0.2) is 78.9 Å². The molecule has 1 N–H and O–H groups in total. The molecule has 0 aromatic heterocycles. The fourth-order valence-corrected chi connectivity index (χ4v) is 3.03. The molecule has 0 aliphatic carbocycles. The van der Waals surface area contributed by atoms with Crippen molar-refractivity contribution in [2.45, 2.75) is 19.4 Å². The predicted octanol–water partition coefficient (Wildman–Crippen LogP) is 5.52. The third-order valence-corrected chi connectivity index (χ3v) is 4.51. The van der Waals surface area contributed by atoms with Crippen LogP contribution >= 0.6 is 0 Å². The average Bonchev–Trinajstić information content (AvgIpc) is 2.75. The van der Waals surface area contributed by atoms with Crippen molar-refractivity contribution in [3.05, 3.63) is 90.0 Å². The molecule has 3 aromatic carbocycles. The Morgan fingerprint density at radius 1 is 0.893 bits per heavy atom. The van der Waals surface area contributed by atoms with Crippen LogP contribution < -0.4 is 14.8 Å². The molecule has 3 rings (SSSR count). The Morgan fingerprint density at radius 2 is 1.54 bits per heavy atom. The summed E-state index contributed by atoms with van der Waals surface area (Å²) >= 11 is 0. The van der Waals surface area contributed by atoms with Gasteiger partial charge >= 0.3 is 0 Å². The van der Waals surface area contributed by atoms with Gasteiger partial charge in [0.1, 0.15) is 11.5 Å². The third-order valence-electron chi connectivity index (χ3n) is 4.51. The summed E-state index contributed by atoms with van der Waals surface area (Å²) in [5.74, 6) is 1.65. The van der Waals surface area contributed by atoms with Gasteiger partial charge in [-0.15, -0.1) is 0 Å². The van der Waals surface area contributed by atoms with Crippen molar-refractivity contribution in [1.82, 2.24) is 0 Å². The molecule has 1 unspecified atom stereocenters. The van der Waals surface area contributed by atoms with Gasteiger partial charge in [0.15, 0.2) is 5.78 Å².